The fourth-order valence-electron chi connectivity index (χ4n) is 3.65. The van der Waals surface area contributed by atoms with E-state index < -0.39 is 30.5 Å². The average Bonchev–Trinajstić information content (AvgIpc) is 2.78. The molecule has 1 fully saturated rings. The largest absolute Gasteiger partial charge is 0.481 e. The van der Waals surface area contributed by atoms with Crippen LogP contribution in [0.2, 0.25) is 0 Å². The van der Waals surface area contributed by atoms with Crippen molar-refractivity contribution in [3.8, 4) is 0 Å². The van der Waals surface area contributed by atoms with E-state index in [1.807, 2.05) is 6.92 Å². The Morgan fingerprint density at radius 3 is 2.46 bits per heavy atom. The molecule has 1 aromatic rings. The lowest BCUT2D eigenvalue weighted by atomic mass is 9.90. The second-order valence-corrected chi connectivity index (χ2v) is 7.03. The maximum Gasteiger partial charge on any atom is 0.408 e. The quantitative estimate of drug-likeness (QED) is 0.878. The lowest BCUT2D eigenvalue weighted by Gasteiger charge is -2.38. The minimum absolute atomic E-state index is 0.105. The molecule has 3 unspecified atom stereocenters. The molecule has 0 radical (unpaired) electrons. The number of aromatic nitrogens is 2. The number of halogens is 3. The molecule has 0 spiro atoms. The first kappa shape index (κ1) is 20.3. The van der Waals surface area contributed by atoms with Gasteiger partial charge in [0.1, 0.15) is 6.54 Å². The van der Waals surface area contributed by atoms with Crippen LogP contribution < -0.4 is 0 Å². The highest BCUT2D eigenvalue weighted by Gasteiger charge is 2.37. The van der Waals surface area contributed by atoms with E-state index in [2.05, 4.69) is 5.10 Å². The molecule has 1 amide bonds. The molecule has 1 aromatic heterocycles. The molecule has 26 heavy (non-hydrogen) atoms. The van der Waals surface area contributed by atoms with E-state index in [0.717, 1.165) is 4.68 Å². The molecule has 1 saturated heterocycles. The van der Waals surface area contributed by atoms with Gasteiger partial charge in [0, 0.05) is 23.8 Å². The third-order valence-corrected chi connectivity index (χ3v) is 5.08. The van der Waals surface area contributed by atoms with Crippen LogP contribution in [0.4, 0.5) is 13.2 Å². The number of hydrogen-bond acceptors (Lipinski definition) is 3. The summed E-state index contributed by atoms with van der Waals surface area (Å²) in [6, 6.07) is -0.105. The average molecular weight is 375 g/mol. The van der Waals surface area contributed by atoms with Gasteiger partial charge in [-0.3, -0.25) is 14.3 Å². The number of amides is 1. The van der Waals surface area contributed by atoms with Gasteiger partial charge in [-0.1, -0.05) is 0 Å². The van der Waals surface area contributed by atoms with E-state index in [-0.39, 0.29) is 18.5 Å². The number of piperidine rings is 1. The van der Waals surface area contributed by atoms with Crippen LogP contribution in [0.5, 0.6) is 0 Å². The number of likely N-dealkylation sites (tertiary alicyclic amines) is 1. The maximum atomic E-state index is 12.9. The molecular formula is C17H24F3N3O3. The number of carbonyl (C=O) groups is 2. The van der Waals surface area contributed by atoms with Gasteiger partial charge in [-0.05, 0) is 40.5 Å². The Balaban J connectivity index is 2.26. The summed E-state index contributed by atoms with van der Waals surface area (Å²) in [6.07, 6.45) is -3.30. The normalized spacial score (nSPS) is 22.3. The van der Waals surface area contributed by atoms with Crippen molar-refractivity contribution in [1.29, 1.82) is 0 Å². The number of nitrogens with zero attached hydrogens (tertiary/aromatic N) is 3. The molecule has 1 aliphatic rings. The zero-order valence-electron chi connectivity index (χ0n) is 15.3. The molecule has 0 aromatic carbocycles. The van der Waals surface area contributed by atoms with Gasteiger partial charge in [-0.15, -0.1) is 0 Å². The van der Waals surface area contributed by atoms with Crippen LogP contribution in [0.1, 0.15) is 49.6 Å². The first-order valence-electron chi connectivity index (χ1n) is 8.56. The third-order valence-electron chi connectivity index (χ3n) is 5.08. The SMILES string of the molecule is Cc1nn(CC(F)(F)F)c(C)c1C(C)C(=O)N1CC(C(=O)O)CCC1C. The van der Waals surface area contributed by atoms with Crippen LogP contribution in [-0.4, -0.2) is 50.4 Å². The van der Waals surface area contributed by atoms with E-state index in [1.54, 1.807) is 13.8 Å². The Bertz CT molecular complexity index is 699. The highest BCUT2D eigenvalue weighted by molar-refractivity contribution is 5.85. The van der Waals surface area contributed by atoms with Gasteiger partial charge in [-0.2, -0.15) is 18.3 Å². The van der Waals surface area contributed by atoms with Gasteiger partial charge in [0.15, 0.2) is 0 Å². The maximum absolute atomic E-state index is 12.9. The van der Waals surface area contributed by atoms with Crippen LogP contribution in [0.3, 0.4) is 0 Å². The van der Waals surface area contributed by atoms with Crippen LogP contribution >= 0.6 is 0 Å². The van der Waals surface area contributed by atoms with Gasteiger partial charge < -0.3 is 10.0 Å². The number of aliphatic carboxylic acids is 1. The van der Waals surface area contributed by atoms with E-state index in [0.29, 0.717) is 29.8 Å². The number of rotatable bonds is 4. The van der Waals surface area contributed by atoms with Crippen molar-refractivity contribution in [2.45, 2.75) is 65.2 Å². The van der Waals surface area contributed by atoms with Gasteiger partial charge in [0.2, 0.25) is 5.91 Å². The lowest BCUT2D eigenvalue weighted by molar-refractivity contribution is -0.147. The minimum atomic E-state index is -4.40. The lowest BCUT2D eigenvalue weighted by Crippen LogP contribution is -2.48. The Kier molecular flexibility index (Phi) is 5.67. The highest BCUT2D eigenvalue weighted by atomic mass is 19.4. The Morgan fingerprint density at radius 1 is 1.31 bits per heavy atom. The summed E-state index contributed by atoms with van der Waals surface area (Å²) >= 11 is 0. The molecule has 1 N–H and O–H groups in total. The third kappa shape index (κ3) is 4.19. The molecule has 3 atom stereocenters. The predicted molar refractivity (Wildman–Crippen MR) is 87.7 cm³/mol. The van der Waals surface area contributed by atoms with Crippen molar-refractivity contribution in [3.63, 3.8) is 0 Å². The van der Waals surface area contributed by atoms with Crippen molar-refractivity contribution >= 4 is 11.9 Å². The number of hydrogen-bond donors (Lipinski definition) is 1. The van der Waals surface area contributed by atoms with Crippen molar-refractivity contribution in [1.82, 2.24) is 14.7 Å². The molecule has 2 heterocycles. The summed E-state index contributed by atoms with van der Waals surface area (Å²) < 4.78 is 38.9. The molecule has 9 heteroatoms. The molecular weight excluding hydrogens is 351 g/mol. The van der Waals surface area contributed by atoms with Crippen molar-refractivity contribution < 1.29 is 27.9 Å². The number of alkyl halides is 3. The molecule has 1 aliphatic heterocycles. The van der Waals surface area contributed by atoms with E-state index in [9.17, 15) is 27.9 Å². The number of carbonyl (C=O) groups excluding carboxylic acids is 1. The standard InChI is InChI=1S/C17H24F3N3O3/c1-9-5-6-13(16(25)26)7-22(9)15(24)10(2)14-11(3)21-23(12(14)4)8-17(18,19)20/h9-10,13H,5-8H2,1-4H3,(H,25,26). The first-order chi connectivity index (χ1) is 11.9. The van der Waals surface area contributed by atoms with Crippen LogP contribution in [0, 0.1) is 19.8 Å². The fourth-order valence-corrected chi connectivity index (χ4v) is 3.65. The second kappa shape index (κ2) is 7.28. The second-order valence-electron chi connectivity index (χ2n) is 7.03. The van der Waals surface area contributed by atoms with Gasteiger partial charge >= 0.3 is 12.1 Å². The van der Waals surface area contributed by atoms with Crippen molar-refractivity contribution in [2.75, 3.05) is 6.54 Å². The summed E-state index contributed by atoms with van der Waals surface area (Å²) in [5.74, 6) is -2.52. The zero-order chi connectivity index (χ0) is 19.8. The number of aryl methyl sites for hydroxylation is 1. The highest BCUT2D eigenvalue weighted by Crippen LogP contribution is 2.30. The predicted octanol–water partition coefficient (Wildman–Crippen LogP) is 2.88. The van der Waals surface area contributed by atoms with Crippen molar-refractivity contribution in [3.05, 3.63) is 17.0 Å². The summed E-state index contributed by atoms with van der Waals surface area (Å²) in [6.45, 7) is 5.50. The van der Waals surface area contributed by atoms with Gasteiger partial charge in [0.05, 0.1) is 17.5 Å². The van der Waals surface area contributed by atoms with Crippen LogP contribution in [0.25, 0.3) is 0 Å². The van der Waals surface area contributed by atoms with Crippen molar-refractivity contribution in [2.24, 2.45) is 5.92 Å². The Morgan fingerprint density at radius 2 is 1.92 bits per heavy atom. The molecule has 2 rings (SSSR count). The van der Waals surface area contributed by atoms with Crippen LogP contribution in [-0.2, 0) is 16.1 Å². The Labute approximate surface area is 150 Å². The van der Waals surface area contributed by atoms with E-state index in [1.165, 1.54) is 11.8 Å². The monoisotopic (exact) mass is 375 g/mol. The summed E-state index contributed by atoms with van der Waals surface area (Å²) in [4.78, 5) is 25.7. The van der Waals surface area contributed by atoms with E-state index >= 15 is 0 Å². The van der Waals surface area contributed by atoms with E-state index in [4.69, 9.17) is 0 Å². The number of carboxylic acids is 1. The van der Waals surface area contributed by atoms with Crippen LogP contribution in [0.15, 0.2) is 0 Å². The minimum Gasteiger partial charge on any atom is -0.481 e. The first-order valence-corrected chi connectivity index (χ1v) is 8.56. The smallest absolute Gasteiger partial charge is 0.408 e. The molecule has 0 aliphatic carbocycles. The summed E-state index contributed by atoms with van der Waals surface area (Å²) in [5, 5.41) is 13.2. The number of carboxylic acid groups (broad SMARTS) is 1. The molecule has 0 bridgehead atoms. The summed E-state index contributed by atoms with van der Waals surface area (Å²) in [7, 11) is 0. The van der Waals surface area contributed by atoms with Gasteiger partial charge in [-0.25, -0.2) is 0 Å². The topological polar surface area (TPSA) is 75.4 Å². The molecule has 0 saturated carbocycles. The van der Waals surface area contributed by atoms with Gasteiger partial charge in [0.25, 0.3) is 0 Å². The zero-order valence-corrected chi connectivity index (χ0v) is 15.3. The molecule has 146 valence electrons. The molecule has 6 nitrogen and oxygen atoms in total. The fraction of sp³-hybridized carbons (Fsp3) is 0.706. The summed E-state index contributed by atoms with van der Waals surface area (Å²) in [5.41, 5.74) is 1.16. The Hall–Kier alpha value is -2.06.